The molecule has 1 aromatic heterocycles. The van der Waals surface area contributed by atoms with Crippen LogP contribution in [0.3, 0.4) is 0 Å². The van der Waals surface area contributed by atoms with Gasteiger partial charge >= 0.3 is 0 Å². The van der Waals surface area contributed by atoms with Gasteiger partial charge in [-0.1, -0.05) is 0 Å². The Morgan fingerprint density at radius 2 is 2.33 bits per heavy atom. The van der Waals surface area contributed by atoms with Crippen LogP contribution in [0.5, 0.6) is 11.5 Å². The minimum atomic E-state index is 0.281. The highest BCUT2D eigenvalue weighted by Gasteiger charge is 2.22. The molecule has 112 valence electrons. The maximum atomic E-state index is 5.72. The molecule has 0 spiro atoms. The molecule has 0 saturated carbocycles. The van der Waals surface area contributed by atoms with Crippen LogP contribution in [0, 0.1) is 6.92 Å². The number of hydrogen-bond donors (Lipinski definition) is 1. The molecule has 1 aliphatic heterocycles. The minimum Gasteiger partial charge on any atom is -0.497 e. The van der Waals surface area contributed by atoms with Crippen LogP contribution >= 0.6 is 0 Å². The van der Waals surface area contributed by atoms with E-state index < -0.39 is 0 Å². The van der Waals surface area contributed by atoms with Crippen LogP contribution in [-0.4, -0.2) is 23.5 Å². The first-order valence-corrected chi connectivity index (χ1v) is 7.20. The standard InChI is InChI=1S/C16H21N3O2/c1-11-12(10-19(2)18-11)9-17-15-6-7-21-16-5-4-13(20-3)8-14(15)16/h4-5,8,10,15,17H,6-7,9H2,1-3H3. The number of aromatic nitrogens is 2. The van der Waals surface area contributed by atoms with Gasteiger partial charge in [-0.15, -0.1) is 0 Å². The summed E-state index contributed by atoms with van der Waals surface area (Å²) in [5, 5.41) is 7.99. The maximum absolute atomic E-state index is 5.72. The van der Waals surface area contributed by atoms with Crippen LogP contribution < -0.4 is 14.8 Å². The van der Waals surface area contributed by atoms with Crippen molar-refractivity contribution in [3.63, 3.8) is 0 Å². The molecule has 0 bridgehead atoms. The molecular weight excluding hydrogens is 266 g/mol. The second kappa shape index (κ2) is 5.77. The Balaban J connectivity index is 1.77. The normalized spacial score (nSPS) is 17.2. The van der Waals surface area contributed by atoms with Gasteiger partial charge in [0.15, 0.2) is 0 Å². The van der Waals surface area contributed by atoms with Crippen molar-refractivity contribution in [1.29, 1.82) is 0 Å². The summed E-state index contributed by atoms with van der Waals surface area (Å²) in [6, 6.07) is 6.26. The van der Waals surface area contributed by atoms with Gasteiger partial charge in [-0.05, 0) is 25.1 Å². The Bertz CT molecular complexity index is 636. The molecule has 0 aliphatic carbocycles. The predicted molar refractivity (Wildman–Crippen MR) is 80.6 cm³/mol. The second-order valence-corrected chi connectivity index (χ2v) is 5.39. The van der Waals surface area contributed by atoms with Crippen LogP contribution in [0.1, 0.15) is 29.3 Å². The Morgan fingerprint density at radius 1 is 1.48 bits per heavy atom. The summed E-state index contributed by atoms with van der Waals surface area (Å²) >= 11 is 0. The zero-order valence-corrected chi connectivity index (χ0v) is 12.7. The maximum Gasteiger partial charge on any atom is 0.124 e. The van der Waals surface area contributed by atoms with Gasteiger partial charge in [0.2, 0.25) is 0 Å². The van der Waals surface area contributed by atoms with Crippen molar-refractivity contribution in [3.05, 3.63) is 41.2 Å². The van der Waals surface area contributed by atoms with Crippen molar-refractivity contribution >= 4 is 0 Å². The fraction of sp³-hybridized carbons (Fsp3) is 0.438. The van der Waals surface area contributed by atoms with Crippen molar-refractivity contribution in [1.82, 2.24) is 15.1 Å². The number of aryl methyl sites for hydroxylation is 2. The van der Waals surface area contributed by atoms with Gasteiger partial charge in [-0.2, -0.15) is 5.10 Å². The highest BCUT2D eigenvalue weighted by Crippen LogP contribution is 2.34. The van der Waals surface area contributed by atoms with Crippen molar-refractivity contribution in [2.75, 3.05) is 13.7 Å². The molecule has 21 heavy (non-hydrogen) atoms. The van der Waals surface area contributed by atoms with Gasteiger partial charge < -0.3 is 14.8 Å². The van der Waals surface area contributed by atoms with E-state index >= 15 is 0 Å². The summed E-state index contributed by atoms with van der Waals surface area (Å²) < 4.78 is 12.9. The van der Waals surface area contributed by atoms with Gasteiger partial charge in [0, 0.05) is 43.4 Å². The zero-order chi connectivity index (χ0) is 14.8. The number of hydrogen-bond acceptors (Lipinski definition) is 4. The summed E-state index contributed by atoms with van der Waals surface area (Å²) in [5.41, 5.74) is 3.47. The number of ether oxygens (including phenoxy) is 2. The van der Waals surface area contributed by atoms with Crippen molar-refractivity contribution in [3.8, 4) is 11.5 Å². The van der Waals surface area contributed by atoms with Gasteiger partial charge in [0.25, 0.3) is 0 Å². The highest BCUT2D eigenvalue weighted by molar-refractivity contribution is 5.43. The van der Waals surface area contributed by atoms with Crippen molar-refractivity contribution in [2.24, 2.45) is 7.05 Å². The lowest BCUT2D eigenvalue weighted by molar-refractivity contribution is 0.251. The molecule has 5 heteroatoms. The molecule has 1 atom stereocenters. The monoisotopic (exact) mass is 287 g/mol. The number of fused-ring (bicyclic) bond motifs is 1. The topological polar surface area (TPSA) is 48.3 Å². The molecule has 0 radical (unpaired) electrons. The van der Waals surface area contributed by atoms with E-state index in [1.54, 1.807) is 7.11 Å². The van der Waals surface area contributed by atoms with Crippen molar-refractivity contribution in [2.45, 2.75) is 25.9 Å². The van der Waals surface area contributed by atoms with E-state index in [-0.39, 0.29) is 6.04 Å². The molecule has 3 rings (SSSR count). The number of rotatable bonds is 4. The number of nitrogens with one attached hydrogen (secondary N) is 1. The van der Waals surface area contributed by atoms with E-state index in [1.165, 1.54) is 11.1 Å². The summed E-state index contributed by atoms with van der Waals surface area (Å²) in [5.74, 6) is 1.81. The second-order valence-electron chi connectivity index (χ2n) is 5.39. The third-order valence-electron chi connectivity index (χ3n) is 3.91. The van der Waals surface area contributed by atoms with E-state index in [0.29, 0.717) is 0 Å². The van der Waals surface area contributed by atoms with Crippen LogP contribution in [0.2, 0.25) is 0 Å². The molecule has 0 saturated heterocycles. The average molecular weight is 287 g/mol. The SMILES string of the molecule is COc1ccc2c(c1)C(NCc1cn(C)nc1C)CCO2. The number of methoxy groups -OCH3 is 1. The Morgan fingerprint density at radius 3 is 3.05 bits per heavy atom. The van der Waals surface area contributed by atoms with E-state index in [4.69, 9.17) is 9.47 Å². The van der Waals surface area contributed by atoms with E-state index in [9.17, 15) is 0 Å². The molecule has 2 aromatic rings. The molecular formula is C16H21N3O2. The van der Waals surface area contributed by atoms with Crippen LogP contribution in [0.15, 0.2) is 24.4 Å². The fourth-order valence-corrected chi connectivity index (χ4v) is 2.77. The smallest absolute Gasteiger partial charge is 0.124 e. The third kappa shape index (κ3) is 2.88. The van der Waals surface area contributed by atoms with Crippen LogP contribution in [0.4, 0.5) is 0 Å². The van der Waals surface area contributed by atoms with E-state index in [0.717, 1.165) is 36.8 Å². The molecule has 1 N–H and O–H groups in total. The van der Waals surface area contributed by atoms with Gasteiger partial charge in [0.05, 0.1) is 19.4 Å². The molecule has 5 nitrogen and oxygen atoms in total. The predicted octanol–water partition coefficient (Wildman–Crippen LogP) is 2.35. The van der Waals surface area contributed by atoms with Crippen LogP contribution in [-0.2, 0) is 13.6 Å². The lowest BCUT2D eigenvalue weighted by Gasteiger charge is -2.27. The largest absolute Gasteiger partial charge is 0.497 e. The van der Waals surface area contributed by atoms with Gasteiger partial charge in [-0.25, -0.2) is 0 Å². The summed E-state index contributed by atoms with van der Waals surface area (Å²) in [6.45, 7) is 3.59. The summed E-state index contributed by atoms with van der Waals surface area (Å²) in [6.07, 6.45) is 3.02. The van der Waals surface area contributed by atoms with E-state index in [2.05, 4.69) is 22.7 Å². The Labute approximate surface area is 124 Å². The third-order valence-corrected chi connectivity index (χ3v) is 3.91. The lowest BCUT2D eigenvalue weighted by atomic mass is 10.00. The first kappa shape index (κ1) is 13.9. The Kier molecular flexibility index (Phi) is 3.84. The zero-order valence-electron chi connectivity index (χ0n) is 12.7. The molecule has 0 amide bonds. The first-order chi connectivity index (χ1) is 10.2. The molecule has 2 heterocycles. The molecule has 1 aromatic carbocycles. The highest BCUT2D eigenvalue weighted by atomic mass is 16.5. The molecule has 0 fully saturated rings. The van der Waals surface area contributed by atoms with Crippen LogP contribution in [0.25, 0.3) is 0 Å². The number of nitrogens with zero attached hydrogens (tertiary/aromatic N) is 2. The minimum absolute atomic E-state index is 0.281. The van der Waals surface area contributed by atoms with Gasteiger partial charge in [-0.3, -0.25) is 4.68 Å². The molecule has 1 aliphatic rings. The van der Waals surface area contributed by atoms with Crippen molar-refractivity contribution < 1.29 is 9.47 Å². The Hall–Kier alpha value is -2.01. The average Bonchev–Trinajstić information content (AvgIpc) is 2.82. The fourth-order valence-electron chi connectivity index (χ4n) is 2.77. The first-order valence-electron chi connectivity index (χ1n) is 7.20. The summed E-state index contributed by atoms with van der Waals surface area (Å²) in [7, 11) is 3.64. The number of benzene rings is 1. The summed E-state index contributed by atoms with van der Waals surface area (Å²) in [4.78, 5) is 0. The van der Waals surface area contributed by atoms with E-state index in [1.807, 2.05) is 30.8 Å². The molecule has 1 unspecified atom stereocenters. The quantitative estimate of drug-likeness (QED) is 0.938. The lowest BCUT2D eigenvalue weighted by Crippen LogP contribution is -2.26. The van der Waals surface area contributed by atoms with Gasteiger partial charge in [0.1, 0.15) is 11.5 Å².